The van der Waals surface area contributed by atoms with Crippen LogP contribution >= 0.6 is 0 Å². The number of alkyl halides is 1. The predicted octanol–water partition coefficient (Wildman–Crippen LogP) is 6.79. The van der Waals surface area contributed by atoms with Crippen LogP contribution in [0.3, 0.4) is 0 Å². The predicted molar refractivity (Wildman–Crippen MR) is 124 cm³/mol. The van der Waals surface area contributed by atoms with Crippen LogP contribution in [0.2, 0.25) is 0 Å². The fraction of sp³-hybridized carbons (Fsp3) is 0.296. The van der Waals surface area contributed by atoms with Gasteiger partial charge in [-0.15, -0.1) is 5.73 Å². The summed E-state index contributed by atoms with van der Waals surface area (Å²) in [5, 5.41) is 1.21. The lowest BCUT2D eigenvalue weighted by Crippen LogP contribution is -2.43. The first kappa shape index (κ1) is 21.1. The van der Waals surface area contributed by atoms with E-state index in [9.17, 15) is 4.39 Å². The van der Waals surface area contributed by atoms with Crippen LogP contribution in [-0.2, 0) is 13.5 Å². The molecule has 0 N–H and O–H groups in total. The molecule has 4 heteroatoms. The molecule has 0 unspecified atom stereocenters. The van der Waals surface area contributed by atoms with Crippen LogP contribution in [0.4, 0.5) is 8.78 Å². The maximum absolute atomic E-state index is 15.5. The van der Waals surface area contributed by atoms with Crippen molar-refractivity contribution >= 4 is 10.9 Å². The lowest BCUT2D eigenvalue weighted by atomic mass is 9.86. The molecule has 0 saturated carbocycles. The Balaban J connectivity index is 1.88. The van der Waals surface area contributed by atoms with E-state index in [2.05, 4.69) is 40.8 Å². The van der Waals surface area contributed by atoms with Crippen molar-refractivity contribution in [2.75, 3.05) is 6.67 Å². The van der Waals surface area contributed by atoms with E-state index in [1.165, 1.54) is 23.1 Å². The van der Waals surface area contributed by atoms with Crippen LogP contribution in [0.25, 0.3) is 10.9 Å². The van der Waals surface area contributed by atoms with Gasteiger partial charge in [-0.1, -0.05) is 36.9 Å². The Morgan fingerprint density at radius 3 is 2.71 bits per heavy atom. The molecule has 1 aromatic carbocycles. The standard InChI is InChI=1S/C27H28F2N2/c1-5-9-20(14-15-28)17-24(29)19(3)26-27-23(16-18(2)31(26)21-10-8-11-21)22-12-6-7-13-25(22)30(27)4/h5-9,12-14,17-18,26H,3,10,15-16H2,1-2,4H3/b9-5+,20-14-,24-17+/t18-,26-/m1/s1. The third-order valence-corrected chi connectivity index (χ3v) is 6.25. The van der Waals surface area contributed by atoms with E-state index in [4.69, 9.17) is 0 Å². The van der Waals surface area contributed by atoms with E-state index >= 15 is 4.39 Å². The van der Waals surface area contributed by atoms with Crippen LogP contribution in [0, 0.1) is 0 Å². The third kappa shape index (κ3) is 3.62. The maximum atomic E-state index is 15.5. The summed E-state index contributed by atoms with van der Waals surface area (Å²) in [7, 11) is 2.04. The molecule has 0 bridgehead atoms. The molecular formula is C27H28F2N2. The zero-order valence-corrected chi connectivity index (χ0v) is 18.3. The number of nitrogens with zero attached hydrogens (tertiary/aromatic N) is 2. The van der Waals surface area contributed by atoms with Crippen molar-refractivity contribution in [2.24, 2.45) is 7.05 Å². The van der Waals surface area contributed by atoms with Crippen molar-refractivity contribution in [3.8, 4) is 0 Å². The van der Waals surface area contributed by atoms with Gasteiger partial charge in [0, 0.05) is 41.7 Å². The fourth-order valence-corrected chi connectivity index (χ4v) is 4.79. The number of aryl methyl sites for hydroxylation is 1. The molecule has 160 valence electrons. The molecule has 1 aliphatic heterocycles. The van der Waals surface area contributed by atoms with Crippen LogP contribution in [0.1, 0.15) is 37.6 Å². The Labute approximate surface area is 182 Å². The monoisotopic (exact) mass is 418 g/mol. The summed E-state index contributed by atoms with van der Waals surface area (Å²) in [6, 6.07) is 8.15. The average molecular weight is 419 g/mol. The molecule has 0 saturated heterocycles. The van der Waals surface area contributed by atoms with Gasteiger partial charge in [-0.2, -0.15) is 0 Å². The third-order valence-electron chi connectivity index (χ3n) is 6.25. The number of allylic oxidation sites excluding steroid dienone is 5. The number of benzene rings is 1. The van der Waals surface area contributed by atoms with Crippen LogP contribution in [0.15, 0.2) is 89.6 Å². The highest BCUT2D eigenvalue weighted by Crippen LogP contribution is 2.46. The van der Waals surface area contributed by atoms with Gasteiger partial charge < -0.3 is 9.47 Å². The highest BCUT2D eigenvalue weighted by Gasteiger charge is 2.39. The summed E-state index contributed by atoms with van der Waals surface area (Å²) >= 11 is 0. The summed E-state index contributed by atoms with van der Waals surface area (Å²) in [5.41, 5.74) is 8.70. The van der Waals surface area contributed by atoms with E-state index in [0.29, 0.717) is 11.1 Å². The molecule has 0 radical (unpaired) electrons. The number of hydrogen-bond donors (Lipinski definition) is 0. The molecule has 1 aliphatic carbocycles. The lowest BCUT2D eigenvalue weighted by molar-refractivity contribution is 0.188. The second-order valence-corrected chi connectivity index (χ2v) is 8.18. The van der Waals surface area contributed by atoms with Gasteiger partial charge in [0.05, 0.1) is 11.7 Å². The Kier molecular flexibility index (Phi) is 5.84. The van der Waals surface area contributed by atoms with Crippen molar-refractivity contribution in [1.82, 2.24) is 9.47 Å². The van der Waals surface area contributed by atoms with E-state index in [1.54, 1.807) is 12.2 Å². The van der Waals surface area contributed by atoms with Gasteiger partial charge in [0.25, 0.3) is 0 Å². The van der Waals surface area contributed by atoms with Gasteiger partial charge in [-0.25, -0.2) is 8.78 Å². The second kappa shape index (κ2) is 8.56. The molecule has 0 spiro atoms. The number of halogens is 2. The fourth-order valence-electron chi connectivity index (χ4n) is 4.79. The van der Waals surface area contributed by atoms with Crippen molar-refractivity contribution in [3.63, 3.8) is 0 Å². The minimum absolute atomic E-state index is 0.181. The van der Waals surface area contributed by atoms with Crippen molar-refractivity contribution < 1.29 is 8.78 Å². The maximum Gasteiger partial charge on any atom is 0.128 e. The van der Waals surface area contributed by atoms with Gasteiger partial charge in [-0.3, -0.25) is 0 Å². The van der Waals surface area contributed by atoms with Gasteiger partial charge in [0.1, 0.15) is 12.5 Å². The molecule has 1 aromatic heterocycles. The van der Waals surface area contributed by atoms with Crippen molar-refractivity contribution in [1.29, 1.82) is 0 Å². The molecule has 2 heterocycles. The summed E-state index contributed by atoms with van der Waals surface area (Å²) in [6.07, 6.45) is 9.93. The number of rotatable bonds is 6. The Morgan fingerprint density at radius 2 is 2.06 bits per heavy atom. The normalized spacial score (nSPS) is 21.5. The molecule has 4 rings (SSSR count). The molecule has 0 fully saturated rings. The quantitative estimate of drug-likeness (QED) is 0.370. The SMILES string of the molecule is C=C(\C(F)=C/C(=C\CF)/C=C/C)[C@@H]1c2c(c3ccccc3n2C)C[C@@H](C)N1C1=C=CC1. The van der Waals surface area contributed by atoms with E-state index < -0.39 is 12.5 Å². The first-order valence-electron chi connectivity index (χ1n) is 10.7. The molecular weight excluding hydrogens is 390 g/mol. The average Bonchev–Trinajstić information content (AvgIpc) is 2.99. The lowest BCUT2D eigenvalue weighted by Gasteiger charge is -2.45. The Hall–Kier alpha value is -3.10. The highest BCUT2D eigenvalue weighted by molar-refractivity contribution is 5.86. The van der Waals surface area contributed by atoms with Crippen LogP contribution in [0.5, 0.6) is 0 Å². The molecule has 0 amide bonds. The first-order chi connectivity index (χ1) is 15.0. The van der Waals surface area contributed by atoms with E-state index in [0.717, 1.165) is 29.7 Å². The highest BCUT2D eigenvalue weighted by atomic mass is 19.1. The second-order valence-electron chi connectivity index (χ2n) is 8.18. The van der Waals surface area contributed by atoms with Crippen LogP contribution < -0.4 is 0 Å². The molecule has 2 atom stereocenters. The molecule has 31 heavy (non-hydrogen) atoms. The summed E-state index contributed by atoms with van der Waals surface area (Å²) in [5.74, 6) is -0.429. The zero-order chi connectivity index (χ0) is 22.1. The largest absolute Gasteiger partial charge is 0.353 e. The Morgan fingerprint density at radius 1 is 1.32 bits per heavy atom. The van der Waals surface area contributed by atoms with Gasteiger partial charge in [0.15, 0.2) is 0 Å². The minimum atomic E-state index is -0.645. The van der Waals surface area contributed by atoms with Gasteiger partial charge in [0.2, 0.25) is 0 Å². The number of aromatic nitrogens is 1. The van der Waals surface area contributed by atoms with E-state index in [1.807, 2.05) is 32.2 Å². The number of fused-ring (bicyclic) bond motifs is 3. The topological polar surface area (TPSA) is 8.17 Å². The summed E-state index contributed by atoms with van der Waals surface area (Å²) < 4.78 is 30.6. The molecule has 2 nitrogen and oxygen atoms in total. The molecule has 2 aromatic rings. The summed E-state index contributed by atoms with van der Waals surface area (Å²) in [4.78, 5) is 2.26. The van der Waals surface area contributed by atoms with Crippen LogP contribution in [-0.4, -0.2) is 22.2 Å². The van der Waals surface area contributed by atoms with Gasteiger partial charge in [-0.05, 0) is 55.7 Å². The number of para-hydroxylation sites is 1. The Bertz CT molecular complexity index is 1190. The zero-order valence-electron chi connectivity index (χ0n) is 18.3. The molecule has 2 aliphatic rings. The first-order valence-corrected chi connectivity index (χ1v) is 10.7. The van der Waals surface area contributed by atoms with Crippen molar-refractivity contribution in [2.45, 2.75) is 38.8 Å². The van der Waals surface area contributed by atoms with E-state index in [-0.39, 0.29) is 12.1 Å². The van der Waals surface area contributed by atoms with Gasteiger partial charge >= 0.3 is 0 Å². The smallest absolute Gasteiger partial charge is 0.128 e. The minimum Gasteiger partial charge on any atom is -0.353 e. The van der Waals surface area contributed by atoms with Crippen molar-refractivity contribution in [3.05, 3.63) is 101 Å². The number of hydrogen-bond acceptors (Lipinski definition) is 1. The summed E-state index contributed by atoms with van der Waals surface area (Å²) in [6.45, 7) is 7.55.